The zero-order valence-corrected chi connectivity index (χ0v) is 9.71. The highest BCUT2D eigenvalue weighted by Crippen LogP contribution is 2.30. The molecule has 0 amide bonds. The van der Waals surface area contributed by atoms with Crippen molar-refractivity contribution >= 4 is 17.5 Å². The van der Waals surface area contributed by atoms with Gasteiger partial charge in [0, 0.05) is 5.56 Å². The van der Waals surface area contributed by atoms with E-state index in [1.165, 1.54) is 24.8 Å². The van der Waals surface area contributed by atoms with Crippen LogP contribution in [-0.4, -0.2) is 17.8 Å². The average Bonchev–Trinajstić information content (AvgIpc) is 2.16. The second-order valence-electron chi connectivity index (χ2n) is 3.38. The normalized spacial score (nSPS) is 11.6. The van der Waals surface area contributed by atoms with E-state index in [4.69, 9.17) is 0 Å². The monoisotopic (exact) mass is 248 g/mol. The molecule has 0 spiro atoms. The minimum atomic E-state index is -4.36. The first-order valence-electron chi connectivity index (χ1n) is 4.56. The minimum Gasteiger partial charge on any atom is -0.293 e. The Bertz CT molecular complexity index is 399. The summed E-state index contributed by atoms with van der Waals surface area (Å²) in [5, 5.41) is 0. The molecule has 0 saturated carbocycles. The number of ketones is 1. The zero-order chi connectivity index (χ0) is 12.3. The third kappa shape index (κ3) is 3.01. The number of halogens is 3. The molecule has 0 radical (unpaired) electrons. The molecular weight excluding hydrogens is 237 g/mol. The molecule has 0 aliphatic carbocycles. The molecule has 16 heavy (non-hydrogen) atoms. The lowest BCUT2D eigenvalue weighted by Gasteiger charge is -2.10. The van der Waals surface area contributed by atoms with E-state index in [2.05, 4.69) is 0 Å². The van der Waals surface area contributed by atoms with Gasteiger partial charge in [0.05, 0.1) is 11.3 Å². The fourth-order valence-electron chi connectivity index (χ4n) is 1.36. The van der Waals surface area contributed by atoms with E-state index in [1.807, 2.05) is 0 Å². The van der Waals surface area contributed by atoms with Crippen molar-refractivity contribution in [2.45, 2.75) is 13.1 Å². The van der Waals surface area contributed by atoms with Crippen molar-refractivity contribution in [1.29, 1.82) is 0 Å². The molecule has 0 atom stereocenters. The molecule has 88 valence electrons. The molecule has 0 aliphatic rings. The Kier molecular flexibility index (Phi) is 4.02. The van der Waals surface area contributed by atoms with Gasteiger partial charge in [0.1, 0.15) is 0 Å². The van der Waals surface area contributed by atoms with E-state index in [9.17, 15) is 18.0 Å². The molecule has 0 heterocycles. The van der Waals surface area contributed by atoms with Crippen LogP contribution in [0.5, 0.6) is 0 Å². The van der Waals surface area contributed by atoms with Crippen LogP contribution in [0.1, 0.15) is 21.5 Å². The van der Waals surface area contributed by atoms with Crippen LogP contribution in [0.2, 0.25) is 0 Å². The van der Waals surface area contributed by atoms with Gasteiger partial charge in [0.15, 0.2) is 5.78 Å². The average molecular weight is 248 g/mol. The summed E-state index contributed by atoms with van der Waals surface area (Å²) in [4.78, 5) is 11.5. The summed E-state index contributed by atoms with van der Waals surface area (Å²) >= 11 is 1.35. The first-order valence-corrected chi connectivity index (χ1v) is 5.95. The van der Waals surface area contributed by atoms with Gasteiger partial charge in [0.25, 0.3) is 0 Å². The Morgan fingerprint density at radius 3 is 2.44 bits per heavy atom. The van der Waals surface area contributed by atoms with Crippen LogP contribution < -0.4 is 0 Å². The summed E-state index contributed by atoms with van der Waals surface area (Å²) in [6, 6.07) is 3.20. The summed E-state index contributed by atoms with van der Waals surface area (Å²) in [5.41, 5.74) is 0.0157. The van der Waals surface area contributed by atoms with Gasteiger partial charge in [0.2, 0.25) is 0 Å². The van der Waals surface area contributed by atoms with Crippen LogP contribution in [0.4, 0.5) is 13.2 Å². The number of thioether (sulfide) groups is 1. The predicted molar refractivity (Wildman–Crippen MR) is 58.9 cm³/mol. The van der Waals surface area contributed by atoms with Crippen LogP contribution >= 0.6 is 11.8 Å². The zero-order valence-electron chi connectivity index (χ0n) is 8.89. The fraction of sp³-hybridized carbons (Fsp3) is 0.364. The second-order valence-corrected chi connectivity index (χ2v) is 4.25. The van der Waals surface area contributed by atoms with E-state index in [0.29, 0.717) is 11.1 Å². The molecule has 0 aromatic heterocycles. The molecule has 0 saturated heterocycles. The lowest BCUT2D eigenvalue weighted by atomic mass is 10.0. The molecular formula is C11H11F3OS. The van der Waals surface area contributed by atoms with Gasteiger partial charge in [-0.2, -0.15) is 24.9 Å². The molecule has 0 fully saturated rings. The molecule has 5 heteroatoms. The maximum absolute atomic E-state index is 12.4. The van der Waals surface area contributed by atoms with Gasteiger partial charge in [-0.15, -0.1) is 0 Å². The van der Waals surface area contributed by atoms with E-state index in [0.717, 1.165) is 12.1 Å². The first-order chi connectivity index (χ1) is 7.36. The van der Waals surface area contributed by atoms with E-state index < -0.39 is 11.7 Å². The van der Waals surface area contributed by atoms with Crippen molar-refractivity contribution in [3.05, 3.63) is 34.9 Å². The third-order valence-electron chi connectivity index (χ3n) is 2.13. The summed E-state index contributed by atoms with van der Waals surface area (Å²) in [6.07, 6.45) is -2.58. The van der Waals surface area contributed by atoms with Gasteiger partial charge in [-0.1, -0.05) is 6.07 Å². The Morgan fingerprint density at radius 1 is 1.38 bits per heavy atom. The predicted octanol–water partition coefficient (Wildman–Crippen LogP) is 3.56. The minimum absolute atomic E-state index is 0.140. The number of hydrogen-bond acceptors (Lipinski definition) is 2. The van der Waals surface area contributed by atoms with Crippen LogP contribution in [-0.2, 0) is 6.18 Å². The smallest absolute Gasteiger partial charge is 0.293 e. The van der Waals surface area contributed by atoms with E-state index in [1.54, 1.807) is 6.26 Å². The number of aryl methyl sites for hydroxylation is 1. The molecule has 1 rings (SSSR count). The highest BCUT2D eigenvalue weighted by Gasteiger charge is 2.30. The lowest BCUT2D eigenvalue weighted by molar-refractivity contribution is -0.137. The first kappa shape index (κ1) is 13.1. The van der Waals surface area contributed by atoms with E-state index in [-0.39, 0.29) is 11.5 Å². The molecule has 0 unspecified atom stereocenters. The quantitative estimate of drug-likeness (QED) is 0.761. The molecule has 1 aromatic carbocycles. The number of alkyl halides is 3. The Hall–Kier alpha value is -0.970. The summed E-state index contributed by atoms with van der Waals surface area (Å²) in [7, 11) is 0. The highest BCUT2D eigenvalue weighted by molar-refractivity contribution is 7.99. The summed E-state index contributed by atoms with van der Waals surface area (Å²) in [5.74, 6) is 0.144. The maximum atomic E-state index is 12.4. The second kappa shape index (κ2) is 4.91. The molecule has 0 aliphatic heterocycles. The Morgan fingerprint density at radius 2 is 2.00 bits per heavy atom. The molecule has 1 nitrogen and oxygen atoms in total. The highest BCUT2D eigenvalue weighted by atomic mass is 32.2. The molecule has 0 N–H and O–H groups in total. The van der Waals surface area contributed by atoms with Crippen molar-refractivity contribution < 1.29 is 18.0 Å². The number of rotatable bonds is 3. The van der Waals surface area contributed by atoms with Crippen LogP contribution in [0.3, 0.4) is 0 Å². The maximum Gasteiger partial charge on any atom is 0.416 e. The van der Waals surface area contributed by atoms with Crippen LogP contribution in [0.15, 0.2) is 18.2 Å². The van der Waals surface area contributed by atoms with Crippen molar-refractivity contribution in [3.63, 3.8) is 0 Å². The van der Waals surface area contributed by atoms with Gasteiger partial charge in [-0.05, 0) is 30.9 Å². The van der Waals surface area contributed by atoms with Crippen molar-refractivity contribution in [2.24, 2.45) is 0 Å². The standard InChI is InChI=1S/C11H11F3OS/c1-7-5-8(11(12,13)14)3-4-9(7)10(15)6-16-2/h3-5H,6H2,1-2H3. The summed E-state index contributed by atoms with van der Waals surface area (Å²) in [6.45, 7) is 1.52. The largest absolute Gasteiger partial charge is 0.416 e. The Balaban J connectivity index is 3.05. The number of carbonyl (C=O) groups excluding carboxylic acids is 1. The third-order valence-corrected chi connectivity index (χ3v) is 2.68. The Labute approximate surface area is 96.0 Å². The number of carbonyl (C=O) groups is 1. The van der Waals surface area contributed by atoms with Crippen molar-refractivity contribution in [1.82, 2.24) is 0 Å². The van der Waals surface area contributed by atoms with Crippen LogP contribution in [0.25, 0.3) is 0 Å². The summed E-state index contributed by atoms with van der Waals surface area (Å²) < 4.78 is 37.1. The topological polar surface area (TPSA) is 17.1 Å². The van der Waals surface area contributed by atoms with E-state index >= 15 is 0 Å². The lowest BCUT2D eigenvalue weighted by Crippen LogP contribution is -2.09. The number of benzene rings is 1. The van der Waals surface area contributed by atoms with Gasteiger partial charge < -0.3 is 0 Å². The van der Waals surface area contributed by atoms with Crippen LogP contribution in [0, 0.1) is 6.92 Å². The van der Waals surface area contributed by atoms with Gasteiger partial charge in [-0.3, -0.25) is 4.79 Å². The fourth-order valence-corrected chi connectivity index (χ4v) is 1.78. The van der Waals surface area contributed by atoms with Gasteiger partial charge in [-0.25, -0.2) is 0 Å². The van der Waals surface area contributed by atoms with Crippen molar-refractivity contribution in [3.8, 4) is 0 Å². The van der Waals surface area contributed by atoms with Gasteiger partial charge >= 0.3 is 6.18 Å². The number of Topliss-reactive ketones (excluding diaryl/α,β-unsaturated/α-hetero) is 1. The number of hydrogen-bond donors (Lipinski definition) is 0. The SMILES string of the molecule is CSCC(=O)c1ccc(C(F)(F)F)cc1C. The molecule has 1 aromatic rings. The molecule has 0 bridgehead atoms. The van der Waals surface area contributed by atoms with Crippen molar-refractivity contribution in [2.75, 3.05) is 12.0 Å².